The van der Waals surface area contributed by atoms with E-state index >= 15 is 0 Å². The average Bonchev–Trinajstić information content (AvgIpc) is 2.38. The molecule has 1 aromatic heterocycles. The molecule has 0 aliphatic carbocycles. The highest BCUT2D eigenvalue weighted by Crippen LogP contribution is 1.81. The number of nitrogens with zero attached hydrogens (tertiary/aromatic N) is 1. The number of nitrogens with one attached hydrogen (secondary N) is 2. The van der Waals surface area contributed by atoms with Crippen LogP contribution in [0.4, 0.5) is 0 Å². The van der Waals surface area contributed by atoms with Crippen LogP contribution >= 0.6 is 0 Å². The molecule has 19 heavy (non-hydrogen) atoms. The monoisotopic (exact) mass is 271 g/mol. The van der Waals surface area contributed by atoms with Gasteiger partial charge < -0.3 is 15.2 Å². The molecule has 1 heterocycles. The van der Waals surface area contributed by atoms with Crippen LogP contribution in [-0.2, 0) is 16.1 Å². The number of aliphatic hydroxyl groups is 1. The number of amides is 1. The Morgan fingerprint density at radius 3 is 2.89 bits per heavy atom. The highest BCUT2D eigenvalue weighted by molar-refractivity contribution is 5.75. The van der Waals surface area contributed by atoms with Gasteiger partial charge in [0.2, 0.25) is 5.91 Å². The van der Waals surface area contributed by atoms with Gasteiger partial charge in [-0.25, -0.2) is 4.68 Å². The largest absolute Gasteiger partial charge is 0.394 e. The van der Waals surface area contributed by atoms with Crippen LogP contribution < -0.4 is 16.4 Å². The molecule has 0 saturated carbocycles. The number of aliphatic hydroxyl groups excluding tert-OH is 1. The molecule has 0 radical (unpaired) electrons. The summed E-state index contributed by atoms with van der Waals surface area (Å²) in [6, 6.07) is 2.21. The van der Waals surface area contributed by atoms with Crippen molar-refractivity contribution in [2.75, 3.05) is 26.4 Å². The molecule has 0 aromatic carbocycles. The highest BCUT2D eigenvalue weighted by atomic mass is 16.5. The van der Waals surface area contributed by atoms with E-state index in [0.717, 1.165) is 16.8 Å². The van der Waals surface area contributed by atoms with Crippen LogP contribution in [0.2, 0.25) is 0 Å². The summed E-state index contributed by atoms with van der Waals surface area (Å²) >= 11 is 0. The predicted octanol–water partition coefficient (Wildman–Crippen LogP) is -1.95. The lowest BCUT2D eigenvalue weighted by Gasteiger charge is -2.07. The SMILES string of the molecule is O=C(Cn1[nH]c(=O)ccc1=O)NCCCOCCO. The molecule has 3 N–H and O–H groups in total. The Morgan fingerprint density at radius 1 is 1.37 bits per heavy atom. The van der Waals surface area contributed by atoms with Crippen LogP contribution in [-0.4, -0.2) is 47.2 Å². The van der Waals surface area contributed by atoms with Gasteiger partial charge in [-0.05, 0) is 6.42 Å². The Labute approximate surface area is 109 Å². The lowest BCUT2D eigenvalue weighted by molar-refractivity contribution is -0.121. The van der Waals surface area contributed by atoms with E-state index in [-0.39, 0.29) is 25.7 Å². The molecule has 0 unspecified atom stereocenters. The number of aromatic nitrogens is 2. The molecule has 0 aliphatic heterocycles. The summed E-state index contributed by atoms with van der Waals surface area (Å²) in [4.78, 5) is 33.8. The molecule has 106 valence electrons. The van der Waals surface area contributed by atoms with Crippen molar-refractivity contribution in [1.82, 2.24) is 15.1 Å². The Morgan fingerprint density at radius 2 is 2.16 bits per heavy atom. The molecule has 0 fully saturated rings. The topological polar surface area (TPSA) is 113 Å². The molecule has 8 heteroatoms. The summed E-state index contributed by atoms with van der Waals surface area (Å²) in [5.41, 5.74) is -0.883. The van der Waals surface area contributed by atoms with Gasteiger partial charge in [-0.1, -0.05) is 0 Å². The minimum Gasteiger partial charge on any atom is -0.394 e. The first-order valence-corrected chi connectivity index (χ1v) is 5.89. The molecule has 0 aliphatic rings. The number of hydrogen-bond donors (Lipinski definition) is 3. The number of H-pyrrole nitrogens is 1. The fourth-order valence-electron chi connectivity index (χ4n) is 1.35. The van der Waals surface area contributed by atoms with Crippen molar-refractivity contribution >= 4 is 5.91 Å². The zero-order valence-electron chi connectivity index (χ0n) is 10.4. The normalized spacial score (nSPS) is 10.4. The maximum atomic E-state index is 11.5. The van der Waals surface area contributed by atoms with Crippen molar-refractivity contribution in [2.45, 2.75) is 13.0 Å². The molecule has 8 nitrogen and oxygen atoms in total. The summed E-state index contributed by atoms with van der Waals surface area (Å²) in [5, 5.41) is 13.3. The first-order valence-electron chi connectivity index (χ1n) is 5.89. The quantitative estimate of drug-likeness (QED) is 0.476. The Balaban J connectivity index is 2.29. The van der Waals surface area contributed by atoms with E-state index in [2.05, 4.69) is 10.4 Å². The van der Waals surface area contributed by atoms with Gasteiger partial charge in [-0.15, -0.1) is 0 Å². The predicted molar refractivity (Wildman–Crippen MR) is 66.9 cm³/mol. The van der Waals surface area contributed by atoms with E-state index < -0.39 is 11.1 Å². The van der Waals surface area contributed by atoms with E-state index in [0.29, 0.717) is 19.6 Å². The van der Waals surface area contributed by atoms with Gasteiger partial charge in [-0.3, -0.25) is 19.5 Å². The van der Waals surface area contributed by atoms with Crippen LogP contribution in [0.1, 0.15) is 6.42 Å². The summed E-state index contributed by atoms with van der Waals surface area (Å²) in [6.07, 6.45) is 0.603. The van der Waals surface area contributed by atoms with Gasteiger partial charge in [-0.2, -0.15) is 0 Å². The van der Waals surface area contributed by atoms with Gasteiger partial charge in [0.1, 0.15) is 6.54 Å². The minimum atomic E-state index is -0.443. The lowest BCUT2D eigenvalue weighted by atomic mass is 10.4. The second-order valence-electron chi connectivity index (χ2n) is 3.77. The van der Waals surface area contributed by atoms with E-state index in [1.165, 1.54) is 0 Å². The number of carbonyl (C=O) groups is 1. The second kappa shape index (κ2) is 8.22. The molecule has 1 amide bonds. The van der Waals surface area contributed by atoms with Crippen LogP contribution in [0.3, 0.4) is 0 Å². The molecule has 0 spiro atoms. The van der Waals surface area contributed by atoms with Crippen molar-refractivity contribution in [2.24, 2.45) is 0 Å². The number of aromatic amines is 1. The third-order valence-corrected chi connectivity index (χ3v) is 2.21. The maximum absolute atomic E-state index is 11.5. The summed E-state index contributed by atoms with van der Waals surface area (Å²) in [7, 11) is 0. The molecule has 0 bridgehead atoms. The summed E-state index contributed by atoms with van der Waals surface area (Å²) < 4.78 is 5.96. The minimum absolute atomic E-state index is 0.0311. The zero-order chi connectivity index (χ0) is 14.1. The van der Waals surface area contributed by atoms with Crippen LogP contribution in [0, 0.1) is 0 Å². The third kappa shape index (κ3) is 5.98. The number of carbonyl (C=O) groups excluding carboxylic acids is 1. The summed E-state index contributed by atoms with van der Waals surface area (Å²) in [5.74, 6) is -0.369. The molecular formula is C11H17N3O5. The summed E-state index contributed by atoms with van der Waals surface area (Å²) in [6.45, 7) is 0.844. The highest BCUT2D eigenvalue weighted by Gasteiger charge is 2.04. The van der Waals surface area contributed by atoms with Crippen LogP contribution in [0.25, 0.3) is 0 Å². The second-order valence-corrected chi connectivity index (χ2v) is 3.77. The van der Waals surface area contributed by atoms with Gasteiger partial charge in [0.05, 0.1) is 13.2 Å². The van der Waals surface area contributed by atoms with Crippen molar-refractivity contribution < 1.29 is 14.6 Å². The maximum Gasteiger partial charge on any atom is 0.265 e. The fourth-order valence-corrected chi connectivity index (χ4v) is 1.35. The van der Waals surface area contributed by atoms with Crippen LogP contribution in [0.5, 0.6) is 0 Å². The smallest absolute Gasteiger partial charge is 0.265 e. The number of hydrogen-bond acceptors (Lipinski definition) is 5. The lowest BCUT2D eigenvalue weighted by Crippen LogP contribution is -2.36. The van der Waals surface area contributed by atoms with Gasteiger partial charge in [0.15, 0.2) is 0 Å². The van der Waals surface area contributed by atoms with E-state index in [4.69, 9.17) is 9.84 Å². The molecular weight excluding hydrogens is 254 g/mol. The van der Waals surface area contributed by atoms with E-state index in [1.807, 2.05) is 0 Å². The van der Waals surface area contributed by atoms with Gasteiger partial charge >= 0.3 is 0 Å². The Hall–Kier alpha value is -1.93. The fraction of sp³-hybridized carbons (Fsp3) is 0.545. The van der Waals surface area contributed by atoms with Gasteiger partial charge in [0.25, 0.3) is 11.1 Å². The molecule has 0 atom stereocenters. The number of ether oxygens (including phenoxy) is 1. The van der Waals surface area contributed by atoms with Crippen LogP contribution in [0.15, 0.2) is 21.7 Å². The molecule has 1 rings (SSSR count). The Bertz CT molecular complexity index is 508. The molecule has 0 saturated heterocycles. The molecule has 1 aromatic rings. The van der Waals surface area contributed by atoms with Crippen molar-refractivity contribution in [3.63, 3.8) is 0 Å². The zero-order valence-corrected chi connectivity index (χ0v) is 10.4. The first-order chi connectivity index (χ1) is 9.13. The average molecular weight is 271 g/mol. The van der Waals surface area contributed by atoms with E-state index in [9.17, 15) is 14.4 Å². The van der Waals surface area contributed by atoms with Crippen molar-refractivity contribution in [1.29, 1.82) is 0 Å². The van der Waals surface area contributed by atoms with Gasteiger partial charge in [0, 0.05) is 25.3 Å². The van der Waals surface area contributed by atoms with Crippen molar-refractivity contribution in [3.8, 4) is 0 Å². The first kappa shape index (κ1) is 15.1. The standard InChI is InChI=1S/C11H17N3O5/c15-5-7-19-6-1-4-12-10(17)8-14-11(18)3-2-9(16)13-14/h2-3,15H,1,4-8H2,(H,12,17)(H,13,16). The number of rotatable bonds is 8. The van der Waals surface area contributed by atoms with E-state index in [1.54, 1.807) is 0 Å². The Kier molecular flexibility index (Phi) is 6.55. The third-order valence-electron chi connectivity index (χ3n) is 2.21. The van der Waals surface area contributed by atoms with Crippen molar-refractivity contribution in [3.05, 3.63) is 32.8 Å².